The summed E-state index contributed by atoms with van der Waals surface area (Å²) in [6.45, 7) is 8.00. The number of rotatable bonds is 5. The molecule has 0 unspecified atom stereocenters. The molecule has 1 atom stereocenters. The smallest absolute Gasteiger partial charge is 0.261 e. The molecule has 1 aromatic rings. The summed E-state index contributed by atoms with van der Waals surface area (Å²) in [5.74, 6) is 0.100. The Morgan fingerprint density at radius 3 is 2.96 bits per heavy atom. The minimum atomic E-state index is -0.461. The minimum Gasteiger partial charge on any atom is -0.374 e. The van der Waals surface area contributed by atoms with Crippen molar-refractivity contribution < 1.29 is 14.3 Å². The van der Waals surface area contributed by atoms with Crippen LogP contribution in [0.1, 0.15) is 53.1 Å². The molecule has 0 radical (unpaired) electrons. The largest absolute Gasteiger partial charge is 0.374 e. The van der Waals surface area contributed by atoms with E-state index < -0.39 is 11.5 Å². The van der Waals surface area contributed by atoms with Crippen LogP contribution in [0.15, 0.2) is 10.9 Å². The Kier molecular flexibility index (Phi) is 5.88. The van der Waals surface area contributed by atoms with Crippen molar-refractivity contribution in [2.45, 2.75) is 39.2 Å². The highest BCUT2D eigenvalue weighted by Crippen LogP contribution is 2.18. The number of nitrogens with one attached hydrogen (secondary N) is 2. The van der Waals surface area contributed by atoms with Crippen molar-refractivity contribution >= 4 is 11.7 Å². The molecule has 1 aromatic heterocycles. The van der Waals surface area contributed by atoms with Crippen LogP contribution in [0.4, 0.5) is 0 Å². The lowest BCUT2D eigenvalue weighted by atomic mass is 9.93. The van der Waals surface area contributed by atoms with Gasteiger partial charge in [-0.1, -0.05) is 13.8 Å². The van der Waals surface area contributed by atoms with E-state index in [0.717, 1.165) is 26.1 Å². The van der Waals surface area contributed by atoms with Crippen LogP contribution in [0.3, 0.4) is 0 Å². The van der Waals surface area contributed by atoms with Crippen molar-refractivity contribution in [1.29, 1.82) is 0 Å². The number of H-pyrrole nitrogens is 1. The van der Waals surface area contributed by atoms with Crippen LogP contribution in [0.2, 0.25) is 0 Å². The number of carbonyl (C=O) groups is 2. The van der Waals surface area contributed by atoms with Gasteiger partial charge < -0.3 is 15.0 Å². The summed E-state index contributed by atoms with van der Waals surface area (Å²) in [6.07, 6.45) is 1.77. The number of morpholine rings is 1. The van der Waals surface area contributed by atoms with Crippen LogP contribution in [-0.4, -0.2) is 60.5 Å². The van der Waals surface area contributed by atoms with Crippen molar-refractivity contribution in [3.63, 3.8) is 0 Å². The maximum absolute atomic E-state index is 12.4. The van der Waals surface area contributed by atoms with Gasteiger partial charge in [-0.15, -0.1) is 0 Å². The predicted molar refractivity (Wildman–Crippen MR) is 97.7 cm³/mol. The van der Waals surface area contributed by atoms with Crippen molar-refractivity contribution in [2.75, 3.05) is 32.8 Å². The molecular formula is C19H27N3O4. The average molecular weight is 361 g/mol. The zero-order chi connectivity index (χ0) is 18.7. The van der Waals surface area contributed by atoms with Gasteiger partial charge in [0.2, 0.25) is 0 Å². The van der Waals surface area contributed by atoms with E-state index in [0.29, 0.717) is 43.2 Å². The molecule has 0 spiro atoms. The molecule has 142 valence electrons. The number of hydrogen-bond donors (Lipinski definition) is 2. The number of fused-ring (bicyclic) bond motifs is 1. The van der Waals surface area contributed by atoms with Crippen molar-refractivity contribution in [2.24, 2.45) is 5.92 Å². The fraction of sp³-hybridized carbons (Fsp3) is 0.632. The SMILES string of the molecule is CC(C)CN1CCO[C@@H](CNC(=O)c2cc3c([nH]c2=O)CCCC3=O)C1. The molecule has 1 aliphatic carbocycles. The van der Waals surface area contributed by atoms with Gasteiger partial charge >= 0.3 is 0 Å². The highest BCUT2D eigenvalue weighted by Gasteiger charge is 2.24. The maximum atomic E-state index is 12.4. The van der Waals surface area contributed by atoms with Gasteiger partial charge in [-0.2, -0.15) is 0 Å². The Balaban J connectivity index is 1.62. The standard InChI is InChI=1S/C19H27N3O4/c1-12(2)10-22-6-7-26-13(11-22)9-20-18(24)15-8-14-16(21-19(15)25)4-3-5-17(14)23/h8,12-13H,3-7,9-11H2,1-2H3,(H,20,24)(H,21,25)/t13-/m0/s1. The lowest BCUT2D eigenvalue weighted by Crippen LogP contribution is -2.48. The van der Waals surface area contributed by atoms with Crippen LogP contribution in [0, 0.1) is 5.92 Å². The van der Waals surface area contributed by atoms with Gasteiger partial charge in [0.05, 0.1) is 12.7 Å². The van der Waals surface area contributed by atoms with E-state index in [1.165, 1.54) is 6.07 Å². The van der Waals surface area contributed by atoms with Gasteiger partial charge in [0.25, 0.3) is 11.5 Å². The quantitative estimate of drug-likeness (QED) is 0.816. The molecule has 3 rings (SSSR count). The molecule has 26 heavy (non-hydrogen) atoms. The second kappa shape index (κ2) is 8.14. The molecule has 7 nitrogen and oxygen atoms in total. The van der Waals surface area contributed by atoms with Crippen LogP contribution in [0.5, 0.6) is 0 Å². The Morgan fingerprint density at radius 1 is 1.38 bits per heavy atom. The van der Waals surface area contributed by atoms with Crippen molar-refractivity contribution in [3.05, 3.63) is 33.2 Å². The third-order valence-corrected chi connectivity index (χ3v) is 4.84. The summed E-state index contributed by atoms with van der Waals surface area (Å²) in [4.78, 5) is 41.7. The number of carbonyl (C=O) groups excluding carboxylic acids is 2. The number of nitrogens with zero attached hydrogens (tertiary/aromatic N) is 1. The van der Waals surface area contributed by atoms with E-state index in [2.05, 4.69) is 29.0 Å². The summed E-state index contributed by atoms with van der Waals surface area (Å²) in [5, 5.41) is 2.78. The Bertz CT molecular complexity index is 741. The number of aromatic nitrogens is 1. The molecule has 1 aliphatic heterocycles. The number of Topliss-reactive ketones (excluding diaryl/α,β-unsaturated/α-hetero) is 1. The number of ether oxygens (including phenoxy) is 1. The molecule has 1 fully saturated rings. The normalized spacial score (nSPS) is 20.9. The summed E-state index contributed by atoms with van der Waals surface area (Å²) < 4.78 is 5.72. The molecular weight excluding hydrogens is 334 g/mol. The van der Waals surface area contributed by atoms with Crippen molar-refractivity contribution in [1.82, 2.24) is 15.2 Å². The highest BCUT2D eigenvalue weighted by atomic mass is 16.5. The first-order chi connectivity index (χ1) is 12.4. The Morgan fingerprint density at radius 2 is 2.19 bits per heavy atom. The number of amides is 1. The van der Waals surface area contributed by atoms with Gasteiger partial charge in [-0.3, -0.25) is 19.3 Å². The summed E-state index contributed by atoms with van der Waals surface area (Å²) >= 11 is 0. The fourth-order valence-electron chi connectivity index (χ4n) is 3.63. The molecule has 0 saturated carbocycles. The highest BCUT2D eigenvalue weighted by molar-refractivity contribution is 6.01. The Hall–Kier alpha value is -1.99. The van der Waals surface area contributed by atoms with Crippen LogP contribution >= 0.6 is 0 Å². The average Bonchev–Trinajstić information content (AvgIpc) is 2.59. The molecule has 0 aromatic carbocycles. The first-order valence-corrected chi connectivity index (χ1v) is 9.35. The number of pyridine rings is 1. The molecule has 2 aliphatic rings. The van der Waals surface area contributed by atoms with E-state index in [1.54, 1.807) is 0 Å². The maximum Gasteiger partial charge on any atom is 0.261 e. The van der Waals surface area contributed by atoms with Crippen molar-refractivity contribution in [3.8, 4) is 0 Å². The van der Waals surface area contributed by atoms with Gasteiger partial charge in [0.1, 0.15) is 5.56 Å². The van der Waals surface area contributed by atoms with Gasteiger partial charge in [-0.25, -0.2) is 0 Å². The third kappa shape index (κ3) is 4.40. The van der Waals surface area contributed by atoms with Gasteiger partial charge in [0, 0.05) is 43.9 Å². The zero-order valence-corrected chi connectivity index (χ0v) is 15.5. The predicted octanol–water partition coefficient (Wildman–Crippen LogP) is 0.981. The number of ketones is 1. The molecule has 1 amide bonds. The third-order valence-electron chi connectivity index (χ3n) is 4.84. The van der Waals surface area contributed by atoms with Gasteiger partial charge in [-0.05, 0) is 24.8 Å². The van der Waals surface area contributed by atoms with Crippen LogP contribution < -0.4 is 10.9 Å². The minimum absolute atomic E-state index is 0.00570. The monoisotopic (exact) mass is 361 g/mol. The number of aromatic amines is 1. The lowest BCUT2D eigenvalue weighted by Gasteiger charge is -2.33. The fourth-order valence-corrected chi connectivity index (χ4v) is 3.63. The molecule has 0 bridgehead atoms. The van der Waals surface area contributed by atoms with Gasteiger partial charge in [0.15, 0.2) is 5.78 Å². The van der Waals surface area contributed by atoms with E-state index in [-0.39, 0.29) is 17.5 Å². The second-order valence-electron chi connectivity index (χ2n) is 7.54. The molecule has 2 heterocycles. The Labute approximate surface area is 153 Å². The molecule has 2 N–H and O–H groups in total. The van der Waals surface area contributed by atoms with E-state index in [9.17, 15) is 14.4 Å². The van der Waals surface area contributed by atoms with E-state index >= 15 is 0 Å². The van der Waals surface area contributed by atoms with E-state index in [1.807, 2.05) is 0 Å². The number of hydrogen-bond acceptors (Lipinski definition) is 5. The van der Waals surface area contributed by atoms with Crippen LogP contribution in [-0.2, 0) is 11.2 Å². The van der Waals surface area contributed by atoms with E-state index in [4.69, 9.17) is 4.74 Å². The zero-order valence-electron chi connectivity index (χ0n) is 15.5. The summed E-state index contributed by atoms with van der Waals surface area (Å²) in [7, 11) is 0. The first-order valence-electron chi connectivity index (χ1n) is 9.35. The first kappa shape index (κ1) is 18.8. The second-order valence-corrected chi connectivity index (χ2v) is 7.54. The molecule has 1 saturated heterocycles. The number of aryl methyl sites for hydroxylation is 1. The topological polar surface area (TPSA) is 91.5 Å². The lowest BCUT2D eigenvalue weighted by molar-refractivity contribution is -0.0295. The molecule has 7 heteroatoms. The summed E-state index contributed by atoms with van der Waals surface area (Å²) in [5.41, 5.74) is 0.663. The van der Waals surface area contributed by atoms with Crippen LogP contribution in [0.25, 0.3) is 0 Å². The summed E-state index contributed by atoms with van der Waals surface area (Å²) in [6, 6.07) is 1.44.